The molecule has 4 nitrogen and oxygen atoms in total. The number of aromatic nitrogens is 1. The van der Waals surface area contributed by atoms with Crippen LogP contribution in [-0.2, 0) is 6.54 Å². The number of carbonyl (C=O) groups is 1. The summed E-state index contributed by atoms with van der Waals surface area (Å²) >= 11 is 0. The van der Waals surface area contributed by atoms with Gasteiger partial charge < -0.3 is 11.1 Å². The van der Waals surface area contributed by atoms with Gasteiger partial charge in [0.15, 0.2) is 0 Å². The van der Waals surface area contributed by atoms with E-state index >= 15 is 0 Å². The molecule has 1 amide bonds. The van der Waals surface area contributed by atoms with E-state index < -0.39 is 0 Å². The molecule has 104 valence electrons. The fraction of sp³-hybridized carbons (Fsp3) is 0.200. The number of nitrogens with one attached hydrogen (secondary N) is 1. The molecule has 1 atom stereocenters. The van der Waals surface area contributed by atoms with Crippen molar-refractivity contribution in [3.63, 3.8) is 0 Å². The van der Waals surface area contributed by atoms with Gasteiger partial charge in [0.25, 0.3) is 5.91 Å². The molecule has 5 heteroatoms. The van der Waals surface area contributed by atoms with Crippen LogP contribution in [0.4, 0.5) is 4.39 Å². The van der Waals surface area contributed by atoms with Crippen LogP contribution in [0.1, 0.15) is 34.6 Å². The average molecular weight is 273 g/mol. The van der Waals surface area contributed by atoms with Gasteiger partial charge in [-0.2, -0.15) is 0 Å². The van der Waals surface area contributed by atoms with Crippen molar-refractivity contribution < 1.29 is 9.18 Å². The second-order valence-corrected chi connectivity index (χ2v) is 4.49. The van der Waals surface area contributed by atoms with Gasteiger partial charge in [-0.3, -0.25) is 9.78 Å². The van der Waals surface area contributed by atoms with Crippen molar-refractivity contribution in [2.75, 3.05) is 0 Å². The fourth-order valence-electron chi connectivity index (χ4n) is 1.85. The molecule has 1 heterocycles. The van der Waals surface area contributed by atoms with E-state index in [1.807, 2.05) is 6.92 Å². The number of rotatable bonds is 4. The lowest BCUT2D eigenvalue weighted by atomic mass is 10.1. The maximum atomic E-state index is 12.9. The van der Waals surface area contributed by atoms with Crippen molar-refractivity contribution in [3.05, 3.63) is 65.2 Å². The Hall–Kier alpha value is -2.27. The topological polar surface area (TPSA) is 68.0 Å². The molecule has 3 N–H and O–H groups in total. The summed E-state index contributed by atoms with van der Waals surface area (Å²) in [5.74, 6) is -0.507. The molecule has 0 bridgehead atoms. The number of hydrogen-bond acceptors (Lipinski definition) is 3. The number of pyridine rings is 1. The van der Waals surface area contributed by atoms with Crippen molar-refractivity contribution >= 4 is 5.91 Å². The van der Waals surface area contributed by atoms with Crippen LogP contribution in [0, 0.1) is 5.82 Å². The van der Waals surface area contributed by atoms with Gasteiger partial charge in [-0.05, 0) is 36.8 Å². The predicted octanol–water partition coefficient (Wildman–Crippen LogP) is 2.17. The van der Waals surface area contributed by atoms with E-state index in [-0.39, 0.29) is 24.3 Å². The van der Waals surface area contributed by atoms with E-state index in [1.165, 1.54) is 12.1 Å². The average Bonchev–Trinajstić information content (AvgIpc) is 2.47. The van der Waals surface area contributed by atoms with Crippen LogP contribution in [0.25, 0.3) is 0 Å². The summed E-state index contributed by atoms with van der Waals surface area (Å²) in [4.78, 5) is 16.2. The van der Waals surface area contributed by atoms with E-state index in [2.05, 4.69) is 10.3 Å². The number of benzene rings is 1. The largest absolute Gasteiger partial charge is 0.346 e. The molecule has 0 aliphatic carbocycles. The monoisotopic (exact) mass is 273 g/mol. The zero-order valence-corrected chi connectivity index (χ0v) is 11.1. The molecule has 1 aromatic carbocycles. The number of halogens is 1. The molecule has 1 aromatic heterocycles. The predicted molar refractivity (Wildman–Crippen MR) is 74.4 cm³/mol. The first kappa shape index (κ1) is 14.1. The highest BCUT2D eigenvalue weighted by atomic mass is 19.1. The summed E-state index contributed by atoms with van der Waals surface area (Å²) in [5.41, 5.74) is 7.50. The number of hydrogen-bond donors (Lipinski definition) is 2. The second-order valence-electron chi connectivity index (χ2n) is 4.49. The molecule has 0 fully saturated rings. The molecule has 0 saturated carbocycles. The molecule has 0 radical (unpaired) electrons. The molecule has 0 saturated heterocycles. The molecular weight excluding hydrogens is 257 g/mol. The van der Waals surface area contributed by atoms with Crippen LogP contribution < -0.4 is 11.1 Å². The fourth-order valence-corrected chi connectivity index (χ4v) is 1.85. The summed E-state index contributed by atoms with van der Waals surface area (Å²) in [7, 11) is 0. The van der Waals surface area contributed by atoms with Crippen molar-refractivity contribution in [1.29, 1.82) is 0 Å². The number of nitrogens with zero attached hydrogens (tertiary/aromatic N) is 1. The van der Waals surface area contributed by atoms with Crippen LogP contribution in [0.2, 0.25) is 0 Å². The first-order valence-electron chi connectivity index (χ1n) is 6.31. The number of amides is 1. The zero-order valence-electron chi connectivity index (χ0n) is 11.1. The zero-order chi connectivity index (χ0) is 14.5. The molecule has 2 aromatic rings. The Labute approximate surface area is 116 Å². The van der Waals surface area contributed by atoms with Gasteiger partial charge in [-0.1, -0.05) is 12.1 Å². The van der Waals surface area contributed by atoms with Crippen molar-refractivity contribution in [1.82, 2.24) is 10.3 Å². The maximum absolute atomic E-state index is 12.9. The summed E-state index contributed by atoms with van der Waals surface area (Å²) in [6, 6.07) is 9.13. The second kappa shape index (κ2) is 6.25. The Kier molecular flexibility index (Phi) is 4.42. The first-order valence-corrected chi connectivity index (χ1v) is 6.31. The minimum absolute atomic E-state index is 0.209. The van der Waals surface area contributed by atoms with Crippen molar-refractivity contribution in [2.24, 2.45) is 5.73 Å². The number of carbonyl (C=O) groups excluding carboxylic acids is 1. The van der Waals surface area contributed by atoms with E-state index in [1.54, 1.807) is 30.5 Å². The SMILES string of the molecule is CC(NC(=O)c1ccnc(CN)c1)c1ccc(F)cc1. The lowest BCUT2D eigenvalue weighted by molar-refractivity contribution is 0.0939. The molecule has 1 unspecified atom stereocenters. The molecule has 2 rings (SSSR count). The van der Waals surface area contributed by atoms with Gasteiger partial charge in [0.1, 0.15) is 5.82 Å². The summed E-state index contributed by atoms with van der Waals surface area (Å²) in [5, 5.41) is 2.85. The van der Waals surface area contributed by atoms with Crippen LogP contribution in [0.3, 0.4) is 0 Å². The third kappa shape index (κ3) is 3.39. The van der Waals surface area contributed by atoms with E-state index in [0.29, 0.717) is 11.3 Å². The van der Waals surface area contributed by atoms with Gasteiger partial charge >= 0.3 is 0 Å². The number of nitrogens with two attached hydrogens (primary N) is 1. The Morgan fingerprint density at radius 2 is 2.05 bits per heavy atom. The highest BCUT2D eigenvalue weighted by molar-refractivity contribution is 5.94. The normalized spacial score (nSPS) is 11.9. The molecular formula is C15H16FN3O. The summed E-state index contributed by atoms with van der Waals surface area (Å²) < 4.78 is 12.9. The van der Waals surface area contributed by atoms with Gasteiger partial charge in [0, 0.05) is 18.3 Å². The van der Waals surface area contributed by atoms with Gasteiger partial charge in [-0.15, -0.1) is 0 Å². The van der Waals surface area contributed by atoms with E-state index in [4.69, 9.17) is 5.73 Å². The molecule has 0 aliphatic rings. The van der Waals surface area contributed by atoms with E-state index in [0.717, 1.165) is 5.56 Å². The van der Waals surface area contributed by atoms with Crippen molar-refractivity contribution in [2.45, 2.75) is 19.5 Å². The molecule has 0 aliphatic heterocycles. The van der Waals surface area contributed by atoms with Gasteiger partial charge in [-0.25, -0.2) is 4.39 Å². The first-order chi connectivity index (χ1) is 9.60. The van der Waals surface area contributed by atoms with Crippen LogP contribution in [-0.4, -0.2) is 10.9 Å². The Morgan fingerprint density at radius 1 is 1.35 bits per heavy atom. The van der Waals surface area contributed by atoms with Gasteiger partial charge in [0.05, 0.1) is 11.7 Å². The van der Waals surface area contributed by atoms with E-state index in [9.17, 15) is 9.18 Å². The van der Waals surface area contributed by atoms with Crippen LogP contribution in [0.15, 0.2) is 42.6 Å². The molecule has 0 spiro atoms. The Morgan fingerprint density at radius 3 is 2.70 bits per heavy atom. The summed E-state index contributed by atoms with van der Waals surface area (Å²) in [6.45, 7) is 2.13. The van der Waals surface area contributed by atoms with Crippen molar-refractivity contribution in [3.8, 4) is 0 Å². The highest BCUT2D eigenvalue weighted by Gasteiger charge is 2.12. The van der Waals surface area contributed by atoms with Gasteiger partial charge in [0.2, 0.25) is 0 Å². The smallest absolute Gasteiger partial charge is 0.251 e. The van der Waals surface area contributed by atoms with Crippen LogP contribution in [0.5, 0.6) is 0 Å². The highest BCUT2D eigenvalue weighted by Crippen LogP contribution is 2.14. The Balaban J connectivity index is 2.08. The lowest BCUT2D eigenvalue weighted by Gasteiger charge is -2.14. The minimum Gasteiger partial charge on any atom is -0.346 e. The standard InChI is InChI=1S/C15H16FN3O/c1-10(11-2-4-13(16)5-3-11)19-15(20)12-6-7-18-14(8-12)9-17/h2-8,10H,9,17H2,1H3,(H,19,20). The summed E-state index contributed by atoms with van der Waals surface area (Å²) in [6.07, 6.45) is 1.56. The third-order valence-electron chi connectivity index (χ3n) is 3.01. The quantitative estimate of drug-likeness (QED) is 0.897. The van der Waals surface area contributed by atoms with Crippen LogP contribution >= 0.6 is 0 Å². The Bertz CT molecular complexity index is 598. The minimum atomic E-state index is -0.297. The maximum Gasteiger partial charge on any atom is 0.251 e. The third-order valence-corrected chi connectivity index (χ3v) is 3.01. The molecule has 20 heavy (non-hydrogen) atoms. The lowest BCUT2D eigenvalue weighted by Crippen LogP contribution is -2.26.